The van der Waals surface area contributed by atoms with E-state index in [0.29, 0.717) is 18.2 Å². The van der Waals surface area contributed by atoms with Crippen molar-refractivity contribution in [3.63, 3.8) is 0 Å². The summed E-state index contributed by atoms with van der Waals surface area (Å²) in [7, 11) is 0. The van der Waals surface area contributed by atoms with E-state index in [9.17, 15) is 4.79 Å². The lowest BCUT2D eigenvalue weighted by molar-refractivity contribution is -0.120. The molecule has 1 aromatic carbocycles. The normalized spacial score (nSPS) is 14.3. The van der Waals surface area contributed by atoms with Crippen molar-refractivity contribution in [1.82, 2.24) is 10.5 Å². The van der Waals surface area contributed by atoms with Crippen LogP contribution in [0.15, 0.2) is 40.9 Å². The van der Waals surface area contributed by atoms with Crippen LogP contribution in [0.25, 0.3) is 0 Å². The predicted molar refractivity (Wildman–Crippen MR) is 70.5 cm³/mol. The lowest BCUT2D eigenvalue weighted by atomic mass is 10.2. The first-order valence-corrected chi connectivity index (χ1v) is 6.57. The van der Waals surface area contributed by atoms with Crippen LogP contribution in [0.5, 0.6) is 0 Å². The van der Waals surface area contributed by atoms with Gasteiger partial charge in [-0.15, -0.1) is 0 Å². The molecule has 0 saturated heterocycles. The van der Waals surface area contributed by atoms with Crippen LogP contribution in [0.2, 0.25) is 0 Å². The summed E-state index contributed by atoms with van der Waals surface area (Å²) in [4.78, 5) is 11.8. The van der Waals surface area contributed by atoms with Crippen molar-refractivity contribution in [2.75, 3.05) is 0 Å². The second-order valence-corrected chi connectivity index (χ2v) is 4.93. The lowest BCUT2D eigenvalue weighted by Crippen LogP contribution is -2.24. The molecule has 0 aliphatic heterocycles. The number of hydrogen-bond donors (Lipinski definition) is 1. The number of carbonyl (C=O) groups is 1. The number of nitrogens with zero attached hydrogens (tertiary/aromatic N) is 1. The minimum Gasteiger partial charge on any atom is -0.361 e. The number of benzene rings is 1. The molecule has 0 unspecified atom stereocenters. The molecule has 2 aromatic rings. The molecule has 4 heteroatoms. The van der Waals surface area contributed by atoms with E-state index in [1.807, 2.05) is 36.4 Å². The van der Waals surface area contributed by atoms with Crippen molar-refractivity contribution < 1.29 is 9.32 Å². The average Bonchev–Trinajstić information content (AvgIpc) is 3.19. The fourth-order valence-electron chi connectivity index (χ4n) is 2.00. The van der Waals surface area contributed by atoms with Crippen LogP contribution in [0.4, 0.5) is 0 Å². The van der Waals surface area contributed by atoms with Crippen LogP contribution >= 0.6 is 0 Å². The lowest BCUT2D eigenvalue weighted by Gasteiger charge is -2.03. The van der Waals surface area contributed by atoms with Crippen molar-refractivity contribution in [2.45, 2.75) is 31.7 Å². The first kappa shape index (κ1) is 12.0. The van der Waals surface area contributed by atoms with Crippen LogP contribution in [0, 0.1) is 0 Å². The fraction of sp³-hybridized carbons (Fsp3) is 0.333. The Labute approximate surface area is 111 Å². The summed E-state index contributed by atoms with van der Waals surface area (Å²) < 4.78 is 5.22. The Bertz CT molecular complexity index is 559. The summed E-state index contributed by atoms with van der Waals surface area (Å²) in [6, 6.07) is 11.8. The number of nitrogens with one attached hydrogen (secondary N) is 1. The van der Waals surface area contributed by atoms with E-state index >= 15 is 0 Å². The summed E-state index contributed by atoms with van der Waals surface area (Å²) in [6.07, 6.45) is 2.63. The maximum absolute atomic E-state index is 11.8. The second-order valence-electron chi connectivity index (χ2n) is 4.93. The highest BCUT2D eigenvalue weighted by Crippen LogP contribution is 2.40. The average molecular weight is 256 g/mol. The standard InChI is InChI=1S/C15H16N2O2/c18-15(16-10-11-4-2-1-3-5-11)9-13-8-14(19-17-13)12-6-7-12/h1-5,8,12H,6-7,9-10H2,(H,16,18). The summed E-state index contributed by atoms with van der Waals surface area (Å²) in [6.45, 7) is 0.549. The third-order valence-corrected chi connectivity index (χ3v) is 3.23. The molecule has 1 fully saturated rings. The van der Waals surface area contributed by atoms with Crippen molar-refractivity contribution in [3.8, 4) is 0 Å². The van der Waals surface area contributed by atoms with Gasteiger partial charge in [0.15, 0.2) is 0 Å². The molecule has 4 nitrogen and oxygen atoms in total. The molecular weight excluding hydrogens is 240 g/mol. The summed E-state index contributed by atoms with van der Waals surface area (Å²) in [5, 5.41) is 6.82. The molecule has 1 heterocycles. The van der Waals surface area contributed by atoms with E-state index in [2.05, 4.69) is 10.5 Å². The van der Waals surface area contributed by atoms with E-state index in [1.54, 1.807) is 0 Å². The zero-order valence-corrected chi connectivity index (χ0v) is 10.6. The number of amides is 1. The molecule has 1 aliphatic rings. The van der Waals surface area contributed by atoms with Gasteiger partial charge in [0, 0.05) is 18.5 Å². The van der Waals surface area contributed by atoms with Gasteiger partial charge >= 0.3 is 0 Å². The largest absolute Gasteiger partial charge is 0.361 e. The van der Waals surface area contributed by atoms with Gasteiger partial charge in [-0.05, 0) is 18.4 Å². The Hall–Kier alpha value is -2.10. The van der Waals surface area contributed by atoms with Gasteiger partial charge in [-0.25, -0.2) is 0 Å². The Balaban J connectivity index is 1.50. The van der Waals surface area contributed by atoms with E-state index < -0.39 is 0 Å². The van der Waals surface area contributed by atoms with E-state index in [-0.39, 0.29) is 12.3 Å². The Kier molecular flexibility index (Phi) is 3.31. The van der Waals surface area contributed by atoms with Crippen molar-refractivity contribution in [2.24, 2.45) is 0 Å². The van der Waals surface area contributed by atoms with Crippen molar-refractivity contribution >= 4 is 5.91 Å². The molecule has 0 spiro atoms. The summed E-state index contributed by atoms with van der Waals surface area (Å²) >= 11 is 0. The molecule has 1 aromatic heterocycles. The van der Waals surface area contributed by atoms with Crippen LogP contribution in [-0.2, 0) is 17.8 Å². The highest BCUT2D eigenvalue weighted by Gasteiger charge is 2.28. The third kappa shape index (κ3) is 3.22. The minimum atomic E-state index is -0.0282. The smallest absolute Gasteiger partial charge is 0.226 e. The summed E-state index contributed by atoms with van der Waals surface area (Å²) in [5.41, 5.74) is 1.81. The predicted octanol–water partition coefficient (Wildman–Crippen LogP) is 2.41. The zero-order valence-electron chi connectivity index (χ0n) is 10.6. The van der Waals surface area contributed by atoms with Gasteiger partial charge in [0.2, 0.25) is 5.91 Å². The van der Waals surface area contributed by atoms with Gasteiger partial charge in [0.1, 0.15) is 5.76 Å². The quantitative estimate of drug-likeness (QED) is 0.893. The number of hydrogen-bond acceptors (Lipinski definition) is 3. The Morgan fingerprint density at radius 2 is 2.11 bits per heavy atom. The maximum Gasteiger partial charge on any atom is 0.226 e. The molecule has 1 saturated carbocycles. The topological polar surface area (TPSA) is 55.1 Å². The number of carbonyl (C=O) groups excluding carboxylic acids is 1. The highest BCUT2D eigenvalue weighted by atomic mass is 16.5. The molecule has 1 N–H and O–H groups in total. The van der Waals surface area contributed by atoms with Crippen molar-refractivity contribution in [1.29, 1.82) is 0 Å². The van der Waals surface area contributed by atoms with Crippen LogP contribution in [-0.4, -0.2) is 11.1 Å². The molecule has 0 bridgehead atoms. The minimum absolute atomic E-state index is 0.0282. The zero-order chi connectivity index (χ0) is 13.1. The monoisotopic (exact) mass is 256 g/mol. The van der Waals surface area contributed by atoms with Gasteiger partial charge in [0.25, 0.3) is 0 Å². The van der Waals surface area contributed by atoms with E-state index in [0.717, 1.165) is 11.3 Å². The second kappa shape index (κ2) is 5.26. The van der Waals surface area contributed by atoms with E-state index in [1.165, 1.54) is 12.8 Å². The Morgan fingerprint density at radius 3 is 2.84 bits per heavy atom. The molecule has 1 amide bonds. The Morgan fingerprint density at radius 1 is 1.32 bits per heavy atom. The number of rotatable bonds is 5. The third-order valence-electron chi connectivity index (χ3n) is 3.23. The molecule has 1 aliphatic carbocycles. The van der Waals surface area contributed by atoms with Gasteiger partial charge in [-0.3, -0.25) is 4.79 Å². The maximum atomic E-state index is 11.8. The highest BCUT2D eigenvalue weighted by molar-refractivity contribution is 5.78. The molecule has 3 rings (SSSR count). The fourth-order valence-corrected chi connectivity index (χ4v) is 2.00. The molecular formula is C15H16N2O2. The number of aromatic nitrogens is 1. The molecule has 19 heavy (non-hydrogen) atoms. The van der Waals surface area contributed by atoms with Crippen LogP contribution < -0.4 is 5.32 Å². The van der Waals surface area contributed by atoms with Crippen LogP contribution in [0.1, 0.15) is 35.8 Å². The first-order valence-electron chi connectivity index (χ1n) is 6.57. The van der Waals surface area contributed by atoms with Crippen molar-refractivity contribution in [3.05, 3.63) is 53.4 Å². The van der Waals surface area contributed by atoms with Gasteiger partial charge in [-0.2, -0.15) is 0 Å². The van der Waals surface area contributed by atoms with Gasteiger partial charge < -0.3 is 9.84 Å². The summed E-state index contributed by atoms with van der Waals surface area (Å²) in [5.74, 6) is 1.43. The molecule has 98 valence electrons. The SMILES string of the molecule is O=C(Cc1cc(C2CC2)on1)NCc1ccccc1. The molecule has 0 radical (unpaired) electrons. The van der Waals surface area contributed by atoms with Gasteiger partial charge in [-0.1, -0.05) is 35.5 Å². The first-order chi connectivity index (χ1) is 9.31. The van der Waals surface area contributed by atoms with E-state index in [4.69, 9.17) is 4.52 Å². The van der Waals surface area contributed by atoms with Crippen LogP contribution in [0.3, 0.4) is 0 Å². The molecule has 0 atom stereocenters. The van der Waals surface area contributed by atoms with Gasteiger partial charge in [0.05, 0.1) is 12.1 Å².